The molecule has 3 amide bonds. The van der Waals surface area contributed by atoms with Crippen molar-refractivity contribution in [3.8, 4) is 11.5 Å². The number of nitrogens with zero attached hydrogens (tertiary/aromatic N) is 2. The van der Waals surface area contributed by atoms with E-state index in [1.165, 1.54) is 24.8 Å². The van der Waals surface area contributed by atoms with Gasteiger partial charge in [-0.25, -0.2) is 4.79 Å². The summed E-state index contributed by atoms with van der Waals surface area (Å²) in [5, 5.41) is 3.18. The van der Waals surface area contributed by atoms with E-state index in [9.17, 15) is 9.59 Å². The van der Waals surface area contributed by atoms with Crippen LogP contribution in [0.3, 0.4) is 0 Å². The number of methoxy groups -OCH3 is 2. The van der Waals surface area contributed by atoms with Gasteiger partial charge >= 0.3 is 6.03 Å². The molecule has 1 N–H and O–H groups in total. The third-order valence-electron chi connectivity index (χ3n) is 6.65. The van der Waals surface area contributed by atoms with Crippen molar-refractivity contribution in [2.45, 2.75) is 77.3 Å². The van der Waals surface area contributed by atoms with Crippen LogP contribution in [0, 0.1) is 0 Å². The first-order valence-corrected chi connectivity index (χ1v) is 12.1. The lowest BCUT2D eigenvalue weighted by Crippen LogP contribution is -2.50. The predicted molar refractivity (Wildman–Crippen MR) is 125 cm³/mol. The number of benzene rings is 1. The summed E-state index contributed by atoms with van der Waals surface area (Å²) in [6.45, 7) is 4.07. The zero-order valence-electron chi connectivity index (χ0n) is 20.0. The van der Waals surface area contributed by atoms with Crippen molar-refractivity contribution < 1.29 is 19.1 Å². The Labute approximate surface area is 192 Å². The fourth-order valence-corrected chi connectivity index (χ4v) is 4.68. The quantitative estimate of drug-likeness (QED) is 0.581. The van der Waals surface area contributed by atoms with E-state index >= 15 is 0 Å². The number of rotatable bonds is 9. The van der Waals surface area contributed by atoms with Crippen molar-refractivity contribution in [2.75, 3.05) is 33.9 Å². The van der Waals surface area contributed by atoms with Gasteiger partial charge in [-0.2, -0.15) is 0 Å². The number of hydrogen-bond acceptors (Lipinski definition) is 4. The van der Waals surface area contributed by atoms with Gasteiger partial charge < -0.3 is 24.6 Å². The molecular weight excluding hydrogens is 406 g/mol. The van der Waals surface area contributed by atoms with E-state index in [2.05, 4.69) is 12.2 Å². The molecule has 1 saturated carbocycles. The minimum atomic E-state index is -0.0924. The van der Waals surface area contributed by atoms with Gasteiger partial charge in [-0.3, -0.25) is 4.79 Å². The molecule has 3 rings (SSSR count). The van der Waals surface area contributed by atoms with Crippen LogP contribution in [0.25, 0.3) is 0 Å². The molecule has 1 fully saturated rings. The zero-order valence-corrected chi connectivity index (χ0v) is 20.0. The van der Waals surface area contributed by atoms with Crippen LogP contribution in [0.2, 0.25) is 0 Å². The van der Waals surface area contributed by atoms with E-state index in [1.54, 1.807) is 19.1 Å². The molecule has 7 heteroatoms. The van der Waals surface area contributed by atoms with Crippen molar-refractivity contribution in [1.29, 1.82) is 0 Å². The van der Waals surface area contributed by atoms with Crippen LogP contribution in [0.4, 0.5) is 4.79 Å². The summed E-state index contributed by atoms with van der Waals surface area (Å²) in [4.78, 5) is 29.7. The number of carbonyl (C=O) groups excluding carboxylic acids is 2. The maximum Gasteiger partial charge on any atom is 0.318 e. The minimum Gasteiger partial charge on any atom is -0.493 e. The third kappa shape index (κ3) is 6.30. The fraction of sp³-hybridized carbons (Fsp3) is 0.680. The summed E-state index contributed by atoms with van der Waals surface area (Å²) in [5.41, 5.74) is 2.26. The summed E-state index contributed by atoms with van der Waals surface area (Å²) in [6.07, 6.45) is 9.49. The molecule has 0 radical (unpaired) electrons. The maximum atomic E-state index is 13.2. The number of amides is 3. The lowest BCUT2D eigenvalue weighted by atomic mass is 9.96. The number of carbonyl (C=O) groups is 2. The second kappa shape index (κ2) is 12.0. The van der Waals surface area contributed by atoms with Gasteiger partial charge in [-0.05, 0) is 48.9 Å². The Bertz CT molecular complexity index is 777. The number of urea groups is 1. The molecule has 1 aromatic rings. The molecule has 1 aliphatic carbocycles. The largest absolute Gasteiger partial charge is 0.493 e. The Morgan fingerprint density at radius 3 is 2.41 bits per heavy atom. The van der Waals surface area contributed by atoms with E-state index in [-0.39, 0.29) is 24.5 Å². The van der Waals surface area contributed by atoms with Gasteiger partial charge in [-0.15, -0.1) is 0 Å². The minimum absolute atomic E-state index is 0.000674. The second-order valence-electron chi connectivity index (χ2n) is 8.95. The van der Waals surface area contributed by atoms with E-state index in [0.717, 1.165) is 44.1 Å². The summed E-state index contributed by atoms with van der Waals surface area (Å²) in [5.74, 6) is 1.39. The fourth-order valence-electron chi connectivity index (χ4n) is 4.68. The molecule has 0 bridgehead atoms. The third-order valence-corrected chi connectivity index (χ3v) is 6.65. The van der Waals surface area contributed by atoms with Crippen molar-refractivity contribution in [3.63, 3.8) is 0 Å². The van der Waals surface area contributed by atoms with Crippen molar-refractivity contribution in [1.82, 2.24) is 15.1 Å². The van der Waals surface area contributed by atoms with E-state index < -0.39 is 0 Å². The van der Waals surface area contributed by atoms with Gasteiger partial charge in [0.25, 0.3) is 0 Å². The monoisotopic (exact) mass is 445 g/mol. The molecule has 32 heavy (non-hydrogen) atoms. The molecule has 0 saturated heterocycles. The molecule has 0 atom stereocenters. The smallest absolute Gasteiger partial charge is 0.318 e. The molecule has 7 nitrogen and oxygen atoms in total. The molecule has 1 aliphatic heterocycles. The predicted octanol–water partition coefficient (Wildman–Crippen LogP) is 4.12. The standard InChI is InChI=1S/C25H39N3O4/c1-4-5-9-13-28(25(30)26-21-10-7-6-8-11-21)18-24(29)27-14-12-19-15-22(31-2)23(32-3)16-20(19)17-27/h15-16,21H,4-14,17-18H2,1-3H3,(H,26,30). The van der Waals surface area contributed by atoms with E-state index in [0.29, 0.717) is 31.1 Å². The molecule has 0 aromatic heterocycles. The first-order chi connectivity index (χ1) is 15.5. The van der Waals surface area contributed by atoms with Crippen LogP contribution in [-0.2, 0) is 17.8 Å². The lowest BCUT2D eigenvalue weighted by Gasteiger charge is -2.33. The number of nitrogens with one attached hydrogen (secondary N) is 1. The summed E-state index contributed by atoms with van der Waals surface area (Å²) < 4.78 is 10.8. The highest BCUT2D eigenvalue weighted by molar-refractivity contribution is 5.84. The Balaban J connectivity index is 1.64. The summed E-state index contributed by atoms with van der Waals surface area (Å²) >= 11 is 0. The Kier molecular flexibility index (Phi) is 9.06. The van der Waals surface area contributed by atoms with Gasteiger partial charge in [-0.1, -0.05) is 39.0 Å². The number of ether oxygens (including phenoxy) is 2. The molecule has 178 valence electrons. The second-order valence-corrected chi connectivity index (χ2v) is 8.95. The van der Waals surface area contributed by atoms with Crippen LogP contribution < -0.4 is 14.8 Å². The van der Waals surface area contributed by atoms with Gasteiger partial charge in [0.15, 0.2) is 11.5 Å². The van der Waals surface area contributed by atoms with Crippen molar-refractivity contribution in [3.05, 3.63) is 23.3 Å². The van der Waals surface area contributed by atoms with Crippen LogP contribution in [0.1, 0.15) is 69.4 Å². The summed E-state index contributed by atoms with van der Waals surface area (Å²) in [7, 11) is 3.25. The Morgan fingerprint density at radius 1 is 1.06 bits per heavy atom. The summed E-state index contributed by atoms with van der Waals surface area (Å²) in [6, 6.07) is 4.11. The molecule has 0 spiro atoms. The highest BCUT2D eigenvalue weighted by Crippen LogP contribution is 2.33. The first-order valence-electron chi connectivity index (χ1n) is 12.1. The first kappa shape index (κ1) is 24.2. The average molecular weight is 446 g/mol. The van der Waals surface area contributed by atoms with E-state index in [4.69, 9.17) is 9.47 Å². The molecule has 1 aromatic carbocycles. The van der Waals surface area contributed by atoms with Gasteiger partial charge in [0.05, 0.1) is 14.2 Å². The highest BCUT2D eigenvalue weighted by atomic mass is 16.5. The van der Waals surface area contributed by atoms with Crippen LogP contribution in [0.5, 0.6) is 11.5 Å². The topological polar surface area (TPSA) is 71.1 Å². The van der Waals surface area contributed by atoms with Crippen LogP contribution in [0.15, 0.2) is 12.1 Å². The molecular formula is C25H39N3O4. The SMILES string of the molecule is CCCCCN(CC(=O)N1CCc2cc(OC)c(OC)cc2C1)C(=O)NC1CCCCC1. The number of fused-ring (bicyclic) bond motifs is 1. The van der Waals surface area contributed by atoms with Crippen LogP contribution in [-0.4, -0.2) is 61.6 Å². The number of hydrogen-bond donors (Lipinski definition) is 1. The van der Waals surface area contributed by atoms with Gasteiger partial charge in [0.2, 0.25) is 5.91 Å². The lowest BCUT2D eigenvalue weighted by molar-refractivity contribution is -0.132. The molecule has 2 aliphatic rings. The van der Waals surface area contributed by atoms with Gasteiger partial charge in [0, 0.05) is 25.7 Å². The van der Waals surface area contributed by atoms with Crippen LogP contribution >= 0.6 is 0 Å². The van der Waals surface area contributed by atoms with Crippen molar-refractivity contribution >= 4 is 11.9 Å². The molecule has 0 unspecified atom stereocenters. The maximum absolute atomic E-state index is 13.2. The average Bonchev–Trinajstić information content (AvgIpc) is 2.82. The Morgan fingerprint density at radius 2 is 1.75 bits per heavy atom. The normalized spacial score (nSPS) is 16.3. The Hall–Kier alpha value is -2.44. The zero-order chi connectivity index (χ0) is 22.9. The van der Waals surface area contributed by atoms with E-state index in [1.807, 2.05) is 17.0 Å². The van der Waals surface area contributed by atoms with Crippen molar-refractivity contribution in [2.24, 2.45) is 0 Å². The highest BCUT2D eigenvalue weighted by Gasteiger charge is 2.27. The molecule has 1 heterocycles. The number of unbranched alkanes of at least 4 members (excludes halogenated alkanes) is 2. The van der Waals surface area contributed by atoms with Gasteiger partial charge in [0.1, 0.15) is 6.54 Å².